The molecule has 0 saturated heterocycles. The Morgan fingerprint density at radius 1 is 1.14 bits per heavy atom. The first-order valence-electron chi connectivity index (χ1n) is 10.1. The zero-order valence-corrected chi connectivity index (χ0v) is 16.3. The number of rotatable bonds is 7. The molecule has 2 aliphatic carbocycles. The molecule has 3 aromatic heterocycles. The summed E-state index contributed by atoms with van der Waals surface area (Å²) in [5, 5.41) is 4.28. The maximum Gasteiger partial charge on any atom is 0.273 e. The largest absolute Gasteiger partial charge is 0.327 e. The Morgan fingerprint density at radius 2 is 1.93 bits per heavy atom. The standard InChI is InChI=1S/C21H23N7O/c1-14(19-25-13-26-28(19)21-22-9-2-10-23-21)27(12-15-3-4-15)20(29)18-8-7-17(11-24-18)16-5-6-16/h2,7-11,13-16H,3-6,12H2,1H3. The van der Waals surface area contributed by atoms with Crippen LogP contribution in [-0.2, 0) is 0 Å². The van der Waals surface area contributed by atoms with Crippen LogP contribution in [0.2, 0.25) is 0 Å². The van der Waals surface area contributed by atoms with E-state index in [1.165, 1.54) is 24.7 Å². The fourth-order valence-corrected chi connectivity index (χ4v) is 3.56. The van der Waals surface area contributed by atoms with E-state index >= 15 is 0 Å². The number of amides is 1. The molecule has 5 rings (SSSR count). The predicted molar refractivity (Wildman–Crippen MR) is 105 cm³/mol. The lowest BCUT2D eigenvalue weighted by Crippen LogP contribution is -2.37. The third kappa shape index (κ3) is 3.74. The summed E-state index contributed by atoms with van der Waals surface area (Å²) in [6.07, 6.45) is 11.4. The summed E-state index contributed by atoms with van der Waals surface area (Å²) < 4.78 is 1.60. The first-order valence-corrected chi connectivity index (χ1v) is 10.1. The van der Waals surface area contributed by atoms with E-state index in [1.54, 1.807) is 23.1 Å². The second-order valence-electron chi connectivity index (χ2n) is 7.91. The molecule has 8 heteroatoms. The van der Waals surface area contributed by atoms with Gasteiger partial charge in [0.15, 0.2) is 5.82 Å². The minimum absolute atomic E-state index is 0.0738. The first kappa shape index (κ1) is 17.9. The van der Waals surface area contributed by atoms with Crippen LogP contribution < -0.4 is 0 Å². The lowest BCUT2D eigenvalue weighted by atomic mass is 10.1. The van der Waals surface area contributed by atoms with E-state index in [2.05, 4.69) is 25.0 Å². The zero-order valence-electron chi connectivity index (χ0n) is 16.3. The molecule has 2 aliphatic rings. The molecular formula is C21H23N7O. The Morgan fingerprint density at radius 3 is 2.59 bits per heavy atom. The SMILES string of the molecule is CC(c1ncnn1-c1ncccn1)N(CC1CC1)C(=O)c1ccc(C2CC2)cn1. The summed E-state index contributed by atoms with van der Waals surface area (Å²) in [6, 6.07) is 5.37. The van der Waals surface area contributed by atoms with Crippen molar-refractivity contribution in [3.8, 4) is 5.95 Å². The summed E-state index contributed by atoms with van der Waals surface area (Å²) >= 11 is 0. The molecule has 1 atom stereocenters. The second-order valence-corrected chi connectivity index (χ2v) is 7.91. The van der Waals surface area contributed by atoms with E-state index < -0.39 is 0 Å². The van der Waals surface area contributed by atoms with Gasteiger partial charge in [-0.1, -0.05) is 6.07 Å². The number of aromatic nitrogens is 6. The highest BCUT2D eigenvalue weighted by atomic mass is 16.2. The van der Waals surface area contributed by atoms with Crippen LogP contribution in [-0.4, -0.2) is 47.1 Å². The van der Waals surface area contributed by atoms with Crippen LogP contribution in [0.1, 0.15) is 66.4 Å². The van der Waals surface area contributed by atoms with Gasteiger partial charge in [0.05, 0.1) is 6.04 Å². The third-order valence-electron chi connectivity index (χ3n) is 5.62. The van der Waals surface area contributed by atoms with Crippen LogP contribution in [0.25, 0.3) is 5.95 Å². The van der Waals surface area contributed by atoms with E-state index in [4.69, 9.17) is 0 Å². The molecule has 0 radical (unpaired) electrons. The van der Waals surface area contributed by atoms with Gasteiger partial charge >= 0.3 is 0 Å². The number of pyridine rings is 1. The summed E-state index contributed by atoms with van der Waals surface area (Å²) in [5.74, 6) is 2.17. The Hall–Kier alpha value is -3.16. The van der Waals surface area contributed by atoms with Crippen molar-refractivity contribution >= 4 is 5.91 Å². The quantitative estimate of drug-likeness (QED) is 0.617. The number of carbonyl (C=O) groups is 1. The van der Waals surface area contributed by atoms with Crippen molar-refractivity contribution in [2.45, 2.75) is 44.6 Å². The molecule has 1 unspecified atom stereocenters. The molecule has 0 N–H and O–H groups in total. The molecule has 2 fully saturated rings. The van der Waals surface area contributed by atoms with Crippen LogP contribution in [0.15, 0.2) is 43.1 Å². The molecule has 2 saturated carbocycles. The van der Waals surface area contributed by atoms with E-state index in [0.29, 0.717) is 35.8 Å². The van der Waals surface area contributed by atoms with E-state index in [1.807, 2.05) is 30.2 Å². The van der Waals surface area contributed by atoms with Crippen LogP contribution in [0.5, 0.6) is 0 Å². The Labute approximate surface area is 169 Å². The van der Waals surface area contributed by atoms with Crippen LogP contribution in [0, 0.1) is 5.92 Å². The van der Waals surface area contributed by atoms with Crippen molar-refractivity contribution in [2.24, 2.45) is 5.92 Å². The van der Waals surface area contributed by atoms with Crippen molar-refractivity contribution in [1.29, 1.82) is 0 Å². The summed E-state index contributed by atoms with van der Waals surface area (Å²) in [7, 11) is 0. The molecule has 29 heavy (non-hydrogen) atoms. The highest BCUT2D eigenvalue weighted by Crippen LogP contribution is 2.39. The van der Waals surface area contributed by atoms with Gasteiger partial charge in [0.25, 0.3) is 11.9 Å². The van der Waals surface area contributed by atoms with Gasteiger partial charge in [-0.05, 0) is 62.1 Å². The monoisotopic (exact) mass is 389 g/mol. The van der Waals surface area contributed by atoms with Gasteiger partial charge < -0.3 is 4.90 Å². The highest BCUT2D eigenvalue weighted by Gasteiger charge is 2.33. The van der Waals surface area contributed by atoms with Crippen LogP contribution in [0.4, 0.5) is 0 Å². The number of nitrogens with zero attached hydrogens (tertiary/aromatic N) is 7. The van der Waals surface area contributed by atoms with Crippen molar-refractivity contribution in [3.63, 3.8) is 0 Å². The van der Waals surface area contributed by atoms with Gasteiger partial charge in [-0.25, -0.2) is 15.0 Å². The topological polar surface area (TPSA) is 89.7 Å². The molecule has 1 amide bonds. The van der Waals surface area contributed by atoms with Gasteiger partial charge in [0.2, 0.25) is 0 Å². The molecule has 148 valence electrons. The van der Waals surface area contributed by atoms with Crippen molar-refractivity contribution in [2.75, 3.05) is 6.54 Å². The van der Waals surface area contributed by atoms with Gasteiger partial charge in [0, 0.05) is 25.1 Å². The fraction of sp³-hybridized carbons (Fsp3) is 0.429. The molecule has 8 nitrogen and oxygen atoms in total. The fourth-order valence-electron chi connectivity index (χ4n) is 3.56. The summed E-state index contributed by atoms with van der Waals surface area (Å²) in [4.78, 5) is 32.7. The number of carbonyl (C=O) groups excluding carboxylic acids is 1. The maximum absolute atomic E-state index is 13.4. The molecular weight excluding hydrogens is 366 g/mol. The van der Waals surface area contributed by atoms with Crippen molar-refractivity contribution < 1.29 is 4.79 Å². The Balaban J connectivity index is 1.43. The van der Waals surface area contributed by atoms with Gasteiger partial charge in [0.1, 0.15) is 12.0 Å². The van der Waals surface area contributed by atoms with Gasteiger partial charge in [-0.15, -0.1) is 0 Å². The molecule has 0 aliphatic heterocycles. The Bertz CT molecular complexity index is 993. The summed E-state index contributed by atoms with van der Waals surface area (Å²) in [5.41, 5.74) is 1.70. The first-order chi connectivity index (χ1) is 14.2. The van der Waals surface area contributed by atoms with Gasteiger partial charge in [-0.2, -0.15) is 9.78 Å². The van der Waals surface area contributed by atoms with Crippen molar-refractivity contribution in [1.82, 2.24) is 34.6 Å². The third-order valence-corrected chi connectivity index (χ3v) is 5.62. The average Bonchev–Trinajstić information content (AvgIpc) is 3.70. The average molecular weight is 389 g/mol. The van der Waals surface area contributed by atoms with Crippen LogP contribution in [0.3, 0.4) is 0 Å². The minimum Gasteiger partial charge on any atom is -0.327 e. The molecule has 0 spiro atoms. The normalized spacial score (nSPS) is 17.1. The predicted octanol–water partition coefficient (Wildman–Crippen LogP) is 2.94. The highest BCUT2D eigenvalue weighted by molar-refractivity contribution is 5.92. The van der Waals surface area contributed by atoms with E-state index in [9.17, 15) is 4.79 Å². The molecule has 0 bridgehead atoms. The molecule has 0 aromatic carbocycles. The second kappa shape index (κ2) is 7.35. The number of hydrogen-bond acceptors (Lipinski definition) is 6. The van der Waals surface area contributed by atoms with Crippen LogP contribution >= 0.6 is 0 Å². The van der Waals surface area contributed by atoms with Crippen molar-refractivity contribution in [3.05, 3.63) is 60.2 Å². The van der Waals surface area contributed by atoms with E-state index in [-0.39, 0.29) is 11.9 Å². The maximum atomic E-state index is 13.4. The molecule has 3 heterocycles. The zero-order chi connectivity index (χ0) is 19.8. The lowest BCUT2D eigenvalue weighted by Gasteiger charge is -2.28. The molecule has 3 aromatic rings. The smallest absolute Gasteiger partial charge is 0.273 e. The van der Waals surface area contributed by atoms with Gasteiger partial charge in [-0.3, -0.25) is 9.78 Å². The van der Waals surface area contributed by atoms with E-state index in [0.717, 1.165) is 12.8 Å². The summed E-state index contributed by atoms with van der Waals surface area (Å²) in [6.45, 7) is 2.66. The lowest BCUT2D eigenvalue weighted by molar-refractivity contribution is 0.0664. The number of hydrogen-bond donors (Lipinski definition) is 0. The minimum atomic E-state index is -0.278. The Kier molecular flexibility index (Phi) is 4.54.